The smallest absolute Gasteiger partial charge is 0.308 e. The number of carbonyl (C=O) groups is 2. The van der Waals surface area contributed by atoms with Crippen LogP contribution in [0.25, 0.3) is 0 Å². The third kappa shape index (κ3) is 7.64. The number of nitrogens with one attached hydrogen (secondary N) is 2. The quantitative estimate of drug-likeness (QED) is 0.148. The van der Waals surface area contributed by atoms with Crippen LogP contribution in [0.3, 0.4) is 0 Å². The van der Waals surface area contributed by atoms with Crippen molar-refractivity contribution in [3.8, 4) is 17.2 Å². The summed E-state index contributed by atoms with van der Waals surface area (Å²) in [5, 5.41) is 10.2. The summed E-state index contributed by atoms with van der Waals surface area (Å²) in [7, 11) is 0. The first-order valence-corrected chi connectivity index (χ1v) is 15.8. The normalized spacial score (nSPS) is 19.9. The van der Waals surface area contributed by atoms with Crippen LogP contribution in [0.15, 0.2) is 24.3 Å². The van der Waals surface area contributed by atoms with E-state index in [4.69, 9.17) is 19.6 Å². The van der Waals surface area contributed by atoms with Crippen LogP contribution in [0.2, 0.25) is 0 Å². The first-order valence-electron chi connectivity index (χ1n) is 14.9. The van der Waals surface area contributed by atoms with Gasteiger partial charge in [0.05, 0.1) is 5.25 Å². The number of amidine groups is 1. The van der Waals surface area contributed by atoms with Crippen molar-refractivity contribution in [3.63, 3.8) is 0 Å². The Morgan fingerprint density at radius 1 is 1.07 bits per heavy atom. The summed E-state index contributed by atoms with van der Waals surface area (Å²) in [4.78, 5) is 23.8. The zero-order valence-corrected chi connectivity index (χ0v) is 25.9. The van der Waals surface area contributed by atoms with Crippen molar-refractivity contribution in [1.82, 2.24) is 5.32 Å². The molecule has 2 heterocycles. The molecule has 0 spiro atoms. The Hall–Kier alpha value is -3.00. The second-order valence-electron chi connectivity index (χ2n) is 11.5. The minimum atomic E-state index is -0.443. The highest BCUT2D eigenvalue weighted by Crippen LogP contribution is 2.45. The van der Waals surface area contributed by atoms with Crippen molar-refractivity contribution in [2.24, 2.45) is 0 Å². The average Bonchev–Trinajstić information content (AvgIpc) is 3.27. The van der Waals surface area contributed by atoms with Gasteiger partial charge in [-0.05, 0) is 87.3 Å². The van der Waals surface area contributed by atoms with E-state index in [0.29, 0.717) is 18.8 Å². The van der Waals surface area contributed by atoms with E-state index >= 15 is 0 Å². The molecule has 0 aromatic heterocycles. The number of esters is 1. The van der Waals surface area contributed by atoms with Gasteiger partial charge in [0.1, 0.15) is 29.5 Å². The van der Waals surface area contributed by atoms with E-state index in [1.54, 1.807) is 0 Å². The van der Waals surface area contributed by atoms with E-state index in [-0.39, 0.29) is 22.3 Å². The average molecular weight is 581 g/mol. The molecule has 2 aromatic rings. The van der Waals surface area contributed by atoms with E-state index in [1.165, 1.54) is 50.8 Å². The van der Waals surface area contributed by atoms with E-state index in [0.717, 1.165) is 65.0 Å². The highest BCUT2D eigenvalue weighted by atomic mass is 32.2. The number of unbranched alkanes of at least 4 members (excludes halogenated alkanes) is 5. The van der Waals surface area contributed by atoms with Gasteiger partial charge >= 0.3 is 5.97 Å². The van der Waals surface area contributed by atoms with Crippen molar-refractivity contribution < 1.29 is 23.8 Å². The van der Waals surface area contributed by atoms with Crippen LogP contribution in [0.4, 0.5) is 0 Å². The van der Waals surface area contributed by atoms with Gasteiger partial charge in [0.2, 0.25) is 5.91 Å². The Labute approximate surface area is 248 Å². The van der Waals surface area contributed by atoms with Crippen LogP contribution in [-0.4, -0.2) is 34.5 Å². The fraction of sp³-hybridized carbons (Fsp3) is 0.545. The summed E-state index contributed by atoms with van der Waals surface area (Å²) < 4.78 is 18.9. The van der Waals surface area contributed by atoms with Crippen molar-refractivity contribution in [2.45, 2.75) is 110 Å². The maximum absolute atomic E-state index is 12.0. The maximum atomic E-state index is 12.0. The third-order valence-corrected chi connectivity index (χ3v) is 9.33. The molecule has 1 amide bonds. The SMILES string of the molecule is CCCCCCCCC1(COc2ccc(CC3SC(=N)NC3=O)cc2)CCc2c(C)c(OC(C)=O)c(C)c(C)c2O1. The van der Waals surface area contributed by atoms with Gasteiger partial charge in [0.25, 0.3) is 0 Å². The van der Waals surface area contributed by atoms with Crippen LogP contribution in [0.5, 0.6) is 17.2 Å². The molecule has 4 rings (SSSR count). The zero-order chi connectivity index (χ0) is 29.6. The molecule has 2 aromatic carbocycles. The Bertz CT molecular complexity index is 1280. The second-order valence-corrected chi connectivity index (χ2v) is 12.7. The molecule has 2 unspecified atom stereocenters. The second kappa shape index (κ2) is 13.8. The van der Waals surface area contributed by atoms with E-state index in [9.17, 15) is 9.59 Å². The standard InChI is InChI=1S/C33H44N2O5S/c1-6-7-8-9-10-11-17-33(18-16-27-23(4)29(39-24(5)36)21(2)22(3)30(27)40-33)20-38-26-14-12-25(13-15-26)19-28-31(37)35-32(34)41-28/h12-15,28H,6-11,16-20H2,1-5H3,(H2,34,35,37). The molecule has 1 saturated heterocycles. The molecule has 0 radical (unpaired) electrons. The molecular formula is C33H44N2O5S. The molecule has 0 bridgehead atoms. The number of hydrogen-bond acceptors (Lipinski definition) is 7. The lowest BCUT2D eigenvalue weighted by atomic mass is 9.83. The van der Waals surface area contributed by atoms with Crippen molar-refractivity contribution in [2.75, 3.05) is 6.61 Å². The van der Waals surface area contributed by atoms with Crippen LogP contribution in [-0.2, 0) is 22.4 Å². The molecule has 41 heavy (non-hydrogen) atoms. The molecular weight excluding hydrogens is 536 g/mol. The van der Waals surface area contributed by atoms with Gasteiger partial charge in [0, 0.05) is 12.5 Å². The number of thioether (sulfide) groups is 1. The van der Waals surface area contributed by atoms with Gasteiger partial charge in [-0.25, -0.2) is 0 Å². The molecule has 2 atom stereocenters. The Morgan fingerprint density at radius 3 is 2.44 bits per heavy atom. The first kappa shape index (κ1) is 30.9. The third-order valence-electron chi connectivity index (χ3n) is 8.33. The predicted octanol–water partition coefficient (Wildman–Crippen LogP) is 7.14. The summed E-state index contributed by atoms with van der Waals surface area (Å²) in [5.41, 5.74) is 4.64. The Kier molecular flexibility index (Phi) is 10.4. The molecule has 0 saturated carbocycles. The summed E-state index contributed by atoms with van der Waals surface area (Å²) >= 11 is 1.27. The van der Waals surface area contributed by atoms with Gasteiger partial charge in [-0.3, -0.25) is 15.0 Å². The van der Waals surface area contributed by atoms with Gasteiger partial charge in [-0.15, -0.1) is 0 Å². The first-order chi connectivity index (χ1) is 19.6. The number of benzene rings is 2. The largest absolute Gasteiger partial charge is 0.489 e. The van der Waals surface area contributed by atoms with Crippen molar-refractivity contribution in [3.05, 3.63) is 52.1 Å². The number of amides is 1. The highest BCUT2D eigenvalue weighted by Gasteiger charge is 2.39. The highest BCUT2D eigenvalue weighted by molar-refractivity contribution is 8.15. The van der Waals surface area contributed by atoms with Crippen LogP contribution in [0, 0.1) is 26.2 Å². The number of ether oxygens (including phenoxy) is 3. The van der Waals surface area contributed by atoms with Gasteiger partial charge in [-0.1, -0.05) is 62.9 Å². The molecule has 222 valence electrons. The topological polar surface area (TPSA) is 97.7 Å². The summed E-state index contributed by atoms with van der Waals surface area (Å²) in [6, 6.07) is 7.91. The molecule has 1 fully saturated rings. The molecule has 0 aliphatic carbocycles. The Morgan fingerprint density at radius 2 is 1.78 bits per heavy atom. The summed E-state index contributed by atoms with van der Waals surface area (Å²) in [6.07, 6.45) is 10.5. The van der Waals surface area contributed by atoms with Gasteiger partial charge in [-0.2, -0.15) is 0 Å². The van der Waals surface area contributed by atoms with E-state index in [1.807, 2.05) is 45.0 Å². The molecule has 2 aliphatic heterocycles. The lowest BCUT2D eigenvalue weighted by Crippen LogP contribution is -2.45. The van der Waals surface area contributed by atoms with E-state index in [2.05, 4.69) is 12.2 Å². The minimum absolute atomic E-state index is 0.104. The fourth-order valence-corrected chi connectivity index (χ4v) is 6.68. The summed E-state index contributed by atoms with van der Waals surface area (Å²) in [5.74, 6) is 1.92. The number of rotatable bonds is 13. The van der Waals surface area contributed by atoms with Gasteiger partial charge < -0.3 is 19.5 Å². The van der Waals surface area contributed by atoms with Gasteiger partial charge in [0.15, 0.2) is 5.17 Å². The summed E-state index contributed by atoms with van der Waals surface area (Å²) in [6.45, 7) is 10.2. The lowest BCUT2D eigenvalue weighted by molar-refractivity contribution is -0.132. The lowest BCUT2D eigenvalue weighted by Gasteiger charge is -2.40. The van der Waals surface area contributed by atoms with Crippen LogP contribution >= 0.6 is 11.8 Å². The molecule has 2 N–H and O–H groups in total. The minimum Gasteiger partial charge on any atom is -0.489 e. The monoisotopic (exact) mass is 580 g/mol. The number of carbonyl (C=O) groups excluding carboxylic acids is 2. The maximum Gasteiger partial charge on any atom is 0.308 e. The fourth-order valence-electron chi connectivity index (χ4n) is 5.79. The number of fused-ring (bicyclic) bond motifs is 1. The molecule has 8 heteroatoms. The molecule has 2 aliphatic rings. The van der Waals surface area contributed by atoms with Crippen molar-refractivity contribution >= 4 is 28.8 Å². The van der Waals surface area contributed by atoms with Crippen molar-refractivity contribution in [1.29, 1.82) is 5.41 Å². The van der Waals surface area contributed by atoms with Crippen LogP contribution < -0.4 is 19.5 Å². The van der Waals surface area contributed by atoms with E-state index < -0.39 is 5.60 Å². The molecule has 7 nitrogen and oxygen atoms in total. The Balaban J connectivity index is 1.49. The number of hydrogen-bond donors (Lipinski definition) is 2. The van der Waals surface area contributed by atoms with Crippen LogP contribution in [0.1, 0.15) is 93.0 Å². The predicted molar refractivity (Wildman–Crippen MR) is 165 cm³/mol. The zero-order valence-electron chi connectivity index (χ0n) is 25.1.